The number of hydrogen-bond donors (Lipinski definition) is 2. The van der Waals surface area contributed by atoms with Crippen LogP contribution in [0.2, 0.25) is 58.9 Å². The van der Waals surface area contributed by atoms with Crippen molar-refractivity contribution in [2.24, 2.45) is 5.11 Å². The summed E-state index contributed by atoms with van der Waals surface area (Å²) in [6.45, 7) is 22.0. The van der Waals surface area contributed by atoms with Gasteiger partial charge in [0.25, 0.3) is 0 Å². The monoisotopic (exact) mass is 690 g/mol. The first-order valence-corrected chi connectivity index (χ1v) is 24.4. The Morgan fingerprint density at radius 3 is 1.44 bits per heavy atom. The van der Waals surface area contributed by atoms with Crippen LogP contribution in [0.25, 0.3) is 10.4 Å². The number of nitrogen functional groups attached to an aromatic ring is 2. The Morgan fingerprint density at radius 1 is 0.769 bits per heavy atom. The molecule has 0 heterocycles. The molecule has 0 aliphatic heterocycles. The summed E-state index contributed by atoms with van der Waals surface area (Å²) >= 11 is 2.20. The van der Waals surface area contributed by atoms with Gasteiger partial charge in [-0.2, -0.15) is 5.26 Å². The number of nitriles is 1. The third kappa shape index (κ3) is 19.2. The van der Waals surface area contributed by atoms with Gasteiger partial charge in [0.15, 0.2) is 0 Å². The highest BCUT2D eigenvalue weighted by Gasteiger charge is 2.19. The molecule has 0 bridgehead atoms. The van der Waals surface area contributed by atoms with Crippen molar-refractivity contribution in [2.75, 3.05) is 11.5 Å². The molecule has 6 nitrogen and oxygen atoms in total. The first-order chi connectivity index (χ1) is 18.0. The molecule has 10 heteroatoms. The lowest BCUT2D eigenvalue weighted by atomic mass is 10.3. The summed E-state index contributed by atoms with van der Waals surface area (Å²) in [6, 6.07) is 25.5. The van der Waals surface area contributed by atoms with Crippen LogP contribution in [-0.2, 0) is 0 Å². The maximum atomic E-state index is 8.38. The van der Waals surface area contributed by atoms with E-state index in [0.29, 0.717) is 0 Å². The van der Waals surface area contributed by atoms with Crippen molar-refractivity contribution in [1.82, 2.24) is 0 Å². The molecule has 0 spiro atoms. The van der Waals surface area contributed by atoms with E-state index < -0.39 is 16.1 Å². The lowest BCUT2D eigenvalue weighted by molar-refractivity contribution is 1.49. The topological polar surface area (TPSA) is 125 Å². The molecule has 0 saturated carbocycles. The molecule has 3 rings (SSSR count). The molecular weight excluding hydrogens is 644 g/mol. The smallest absolute Gasteiger partial charge is 0.0802 e. The number of nitrogens with zero attached hydrogens (tertiary/aromatic N) is 4. The Hall–Kier alpha value is -2.56. The highest BCUT2D eigenvalue weighted by Crippen LogP contribution is 2.14. The molecule has 0 aliphatic rings. The molecule has 0 atom stereocenters. The number of anilines is 2. The van der Waals surface area contributed by atoms with Gasteiger partial charge in [-0.25, -0.2) is 0 Å². The largest absolute Gasteiger partial charge is 0.399 e. The number of azide groups is 1. The summed E-state index contributed by atoms with van der Waals surface area (Å²) in [5, 5.41) is 13.6. The average Bonchev–Trinajstić information content (AvgIpc) is 2.82. The Bertz CT molecular complexity index is 1170. The van der Waals surface area contributed by atoms with Crippen LogP contribution in [0.5, 0.6) is 0 Å². The fourth-order valence-corrected chi connectivity index (χ4v) is 6.33. The van der Waals surface area contributed by atoms with Crippen LogP contribution in [0.1, 0.15) is 6.92 Å². The first kappa shape index (κ1) is 38.6. The summed E-state index contributed by atoms with van der Waals surface area (Å²) in [4.78, 5) is 2.83. The molecule has 0 amide bonds. The first-order valence-electron chi connectivity index (χ1n) is 12.8. The summed E-state index contributed by atoms with van der Waals surface area (Å²) in [6.07, 6.45) is 0. The number of para-hydroxylation sites is 2. The molecule has 0 radical (unpaired) electrons. The van der Waals surface area contributed by atoms with Gasteiger partial charge in [-0.1, -0.05) is 124 Å². The van der Waals surface area contributed by atoms with E-state index in [1.807, 2.05) is 54.6 Å². The normalized spacial score (nSPS) is 9.82. The van der Waals surface area contributed by atoms with Gasteiger partial charge < -0.3 is 11.5 Å². The van der Waals surface area contributed by atoms with E-state index >= 15 is 0 Å². The number of halogens is 1. The van der Waals surface area contributed by atoms with Gasteiger partial charge in [0, 0.05) is 41.3 Å². The van der Waals surface area contributed by atoms with Crippen molar-refractivity contribution in [3.05, 3.63) is 86.8 Å². The average molecular weight is 691 g/mol. The van der Waals surface area contributed by atoms with Crippen molar-refractivity contribution >= 4 is 75.0 Å². The Kier molecular flexibility index (Phi) is 20.1. The van der Waals surface area contributed by atoms with Gasteiger partial charge in [-0.05, 0) is 51.5 Å². The second-order valence-electron chi connectivity index (χ2n) is 11.3. The van der Waals surface area contributed by atoms with Gasteiger partial charge in [0.1, 0.15) is 0 Å². The van der Waals surface area contributed by atoms with Gasteiger partial charge in [-0.15, -0.1) is 0 Å². The van der Waals surface area contributed by atoms with Gasteiger partial charge >= 0.3 is 0 Å². The van der Waals surface area contributed by atoms with Crippen molar-refractivity contribution in [3.8, 4) is 6.07 Å². The zero-order chi connectivity index (χ0) is 30.6. The van der Waals surface area contributed by atoms with E-state index in [1.54, 1.807) is 6.07 Å². The van der Waals surface area contributed by atoms with Gasteiger partial charge in [-0.3, -0.25) is 0 Å². The molecule has 212 valence electrons. The van der Waals surface area contributed by atoms with Gasteiger partial charge in [0.05, 0.1) is 22.2 Å². The highest BCUT2D eigenvalue weighted by atomic mass is 127. The van der Waals surface area contributed by atoms with E-state index in [9.17, 15) is 0 Å². The predicted octanol–water partition coefficient (Wildman–Crippen LogP) is 8.49. The highest BCUT2D eigenvalue weighted by molar-refractivity contribution is 14.1. The Balaban J connectivity index is 0. The molecule has 4 N–H and O–H groups in total. The summed E-state index contributed by atoms with van der Waals surface area (Å²) in [7, 11) is -2.72. The van der Waals surface area contributed by atoms with Crippen molar-refractivity contribution in [3.63, 3.8) is 0 Å². The Labute approximate surface area is 254 Å². The third-order valence-corrected chi connectivity index (χ3v) is 9.63. The van der Waals surface area contributed by atoms with E-state index in [2.05, 4.69) is 110 Å². The molecule has 39 heavy (non-hydrogen) atoms. The summed E-state index contributed by atoms with van der Waals surface area (Å²) in [5.74, 6) is 0. The minimum atomic E-state index is -1.38. The second kappa shape index (κ2) is 20.4. The van der Waals surface area contributed by atoms with Crippen molar-refractivity contribution in [1.29, 1.82) is 5.26 Å². The van der Waals surface area contributed by atoms with Crippen molar-refractivity contribution < 1.29 is 0 Å². The fraction of sp³-hybridized carbons (Fsp3) is 0.345. The molecule has 0 saturated heterocycles. The standard InChI is InChI=1S/C9H13N3Si.C9H15NSi.C6H6IN.C3H10Si.C2H3N/c1-13(2,3)9-7-5-4-6-8(9)11-12-10;1-11(2,3)9-7-5-4-6-8(9)10;7-5-3-1-2-4-6(5)8;1-4(2)3;1-2-3/h4-7H,1-3H3;4-7H,10H2,1-3H3;1-4H,8H2;4H,1-3H3;1H3. The van der Waals surface area contributed by atoms with E-state index in [1.165, 1.54) is 17.3 Å². The maximum Gasteiger partial charge on any atom is 0.0802 e. The minimum Gasteiger partial charge on any atom is -0.399 e. The molecule has 3 aromatic rings. The van der Waals surface area contributed by atoms with Crippen LogP contribution >= 0.6 is 22.6 Å². The number of hydrogen-bond acceptors (Lipinski definition) is 4. The van der Waals surface area contributed by atoms with E-state index in [0.717, 1.165) is 20.6 Å². The molecule has 0 aromatic heterocycles. The van der Waals surface area contributed by atoms with Crippen LogP contribution < -0.4 is 21.8 Å². The van der Waals surface area contributed by atoms with E-state index in [4.69, 9.17) is 22.3 Å². The number of benzene rings is 3. The quantitative estimate of drug-likeness (QED) is 0.0715. The minimum absolute atomic E-state index is 0.139. The van der Waals surface area contributed by atoms with Crippen molar-refractivity contribution in [2.45, 2.75) is 65.8 Å². The fourth-order valence-electron chi connectivity index (χ4n) is 2.90. The number of nitrogens with two attached hydrogens (primary N) is 2. The zero-order valence-corrected chi connectivity index (χ0v) is 30.6. The maximum absolute atomic E-state index is 8.38. The SMILES string of the molecule is CC#N.C[SiH](C)C.C[Si](C)(C)c1ccccc1N.C[Si](C)(C)c1ccccc1N=[N+]=[N-].Nc1ccccc1I. The summed E-state index contributed by atoms with van der Waals surface area (Å²) < 4.78 is 1.12. The second-order valence-corrected chi connectivity index (χ2v) is 26.0. The number of rotatable bonds is 3. The van der Waals surface area contributed by atoms with Crippen LogP contribution in [-0.4, -0.2) is 24.9 Å². The van der Waals surface area contributed by atoms with Crippen LogP contribution in [0.4, 0.5) is 17.1 Å². The molecule has 3 aromatic carbocycles. The predicted molar refractivity (Wildman–Crippen MR) is 192 cm³/mol. The Morgan fingerprint density at radius 2 is 1.13 bits per heavy atom. The lowest BCUT2D eigenvalue weighted by Crippen LogP contribution is -2.39. The molecule has 0 aliphatic carbocycles. The molecule has 0 unspecified atom stereocenters. The van der Waals surface area contributed by atoms with Crippen LogP contribution in [0.3, 0.4) is 0 Å². The van der Waals surface area contributed by atoms with E-state index in [-0.39, 0.29) is 8.80 Å². The van der Waals surface area contributed by atoms with Crippen LogP contribution in [0, 0.1) is 14.9 Å². The zero-order valence-electron chi connectivity index (χ0n) is 25.3. The van der Waals surface area contributed by atoms with Gasteiger partial charge in [0.2, 0.25) is 0 Å². The lowest BCUT2D eigenvalue weighted by Gasteiger charge is -2.18. The molecular formula is C29H47IN6Si3. The molecule has 0 fully saturated rings. The third-order valence-electron chi connectivity index (χ3n) is 4.54. The van der Waals surface area contributed by atoms with Crippen LogP contribution in [0.15, 0.2) is 77.9 Å². The summed E-state index contributed by atoms with van der Waals surface area (Å²) in [5.41, 5.74) is 22.3.